The summed E-state index contributed by atoms with van der Waals surface area (Å²) in [5.41, 5.74) is 3.22. The van der Waals surface area contributed by atoms with Gasteiger partial charge in [0, 0.05) is 45.9 Å². The third kappa shape index (κ3) is 6.49. The summed E-state index contributed by atoms with van der Waals surface area (Å²) in [4.78, 5) is 28.7. The lowest BCUT2D eigenvalue weighted by molar-refractivity contribution is -0.121. The average molecular weight is 422 g/mol. The molecule has 0 saturated heterocycles. The molecule has 0 aliphatic heterocycles. The number of amides is 1. The summed E-state index contributed by atoms with van der Waals surface area (Å²) in [5, 5.41) is 9.61. The first-order valence-electron chi connectivity index (χ1n) is 8.46. The van der Waals surface area contributed by atoms with E-state index in [0.717, 1.165) is 23.4 Å². The lowest BCUT2D eigenvalue weighted by Gasteiger charge is -2.10. The molecule has 27 heavy (non-hydrogen) atoms. The highest BCUT2D eigenvalue weighted by Gasteiger charge is 2.15. The number of ether oxygens (including phenoxy) is 1. The van der Waals surface area contributed by atoms with Crippen LogP contribution in [0.4, 0.5) is 0 Å². The number of nitrogens with one attached hydrogen (secondary N) is 3. The maximum absolute atomic E-state index is 12.2. The number of aryl methyl sites for hydroxylation is 3. The van der Waals surface area contributed by atoms with Crippen molar-refractivity contribution in [2.24, 2.45) is 7.05 Å². The fourth-order valence-corrected chi connectivity index (χ4v) is 2.90. The van der Waals surface area contributed by atoms with E-state index in [1.54, 1.807) is 14.2 Å². The van der Waals surface area contributed by atoms with Gasteiger partial charge in [0.05, 0.1) is 12.0 Å². The first-order chi connectivity index (χ1) is 12.0. The van der Waals surface area contributed by atoms with Crippen LogP contribution in [0.3, 0.4) is 0 Å². The van der Waals surface area contributed by atoms with Crippen LogP contribution in [0.2, 0.25) is 0 Å². The highest BCUT2D eigenvalue weighted by molar-refractivity contribution is 5.85. The second-order valence-electron chi connectivity index (χ2n) is 6.09. The molecule has 2 aromatic heterocycles. The Labute approximate surface area is 171 Å². The number of H-pyrrole nitrogens is 1. The minimum absolute atomic E-state index is 0. The second-order valence-corrected chi connectivity index (χ2v) is 6.09. The van der Waals surface area contributed by atoms with Gasteiger partial charge in [-0.15, -0.1) is 24.8 Å². The molecule has 0 aliphatic carbocycles. The van der Waals surface area contributed by atoms with Crippen LogP contribution < -0.4 is 16.2 Å². The van der Waals surface area contributed by atoms with Gasteiger partial charge in [-0.05, 0) is 31.4 Å². The van der Waals surface area contributed by atoms with E-state index in [-0.39, 0.29) is 36.3 Å². The second kappa shape index (κ2) is 12.0. The van der Waals surface area contributed by atoms with Crippen LogP contribution in [0.25, 0.3) is 11.0 Å². The van der Waals surface area contributed by atoms with Crippen molar-refractivity contribution in [3.8, 4) is 0 Å². The van der Waals surface area contributed by atoms with Crippen molar-refractivity contribution >= 4 is 41.8 Å². The van der Waals surface area contributed by atoms with Gasteiger partial charge >= 0.3 is 0 Å². The third-order valence-electron chi connectivity index (χ3n) is 4.28. The SMILES string of the molecule is COCCNCCNC(=O)CCc1c(C)nc2[nH]n(C)c(=O)c2c1C.Cl.Cl. The van der Waals surface area contributed by atoms with Crippen LogP contribution in [0.15, 0.2) is 4.79 Å². The molecule has 0 unspecified atom stereocenters. The van der Waals surface area contributed by atoms with E-state index in [4.69, 9.17) is 4.74 Å². The Hall–Kier alpha value is -1.61. The summed E-state index contributed by atoms with van der Waals surface area (Å²) in [6, 6.07) is 0. The first kappa shape index (κ1) is 25.4. The zero-order chi connectivity index (χ0) is 18.4. The lowest BCUT2D eigenvalue weighted by atomic mass is 10.0. The number of methoxy groups -OCH3 is 1. The molecule has 1 amide bonds. The molecule has 0 aromatic carbocycles. The van der Waals surface area contributed by atoms with Crippen LogP contribution in [-0.2, 0) is 23.0 Å². The highest BCUT2D eigenvalue weighted by atomic mass is 35.5. The number of aromatic nitrogens is 3. The molecular weight excluding hydrogens is 393 g/mol. The molecule has 154 valence electrons. The van der Waals surface area contributed by atoms with Gasteiger partial charge in [-0.3, -0.25) is 19.4 Å². The molecule has 3 N–H and O–H groups in total. The first-order valence-corrected chi connectivity index (χ1v) is 8.46. The quantitative estimate of drug-likeness (QED) is 0.524. The standard InChI is InChI=1S/C17H27N5O3.2ClH/c1-11-13(5-6-14(23)19-8-7-18-9-10-25-4)12(2)20-16-15(11)17(24)22(3)21-16;;/h18H,5-10H2,1-4H3,(H,19,23)(H,20,21);2*1H. The molecule has 0 atom stereocenters. The molecule has 0 spiro atoms. The summed E-state index contributed by atoms with van der Waals surface area (Å²) < 4.78 is 6.37. The Bertz CT molecular complexity index is 804. The molecule has 10 heteroatoms. The predicted octanol–water partition coefficient (Wildman–Crippen LogP) is 1.01. The minimum atomic E-state index is -0.0900. The Morgan fingerprint density at radius 1 is 1.22 bits per heavy atom. The van der Waals surface area contributed by atoms with Crippen molar-refractivity contribution in [1.29, 1.82) is 0 Å². The summed E-state index contributed by atoms with van der Waals surface area (Å²) >= 11 is 0. The van der Waals surface area contributed by atoms with Crippen molar-refractivity contribution in [2.45, 2.75) is 26.7 Å². The number of fused-ring (bicyclic) bond motifs is 1. The maximum atomic E-state index is 12.2. The maximum Gasteiger partial charge on any atom is 0.276 e. The van der Waals surface area contributed by atoms with Crippen molar-refractivity contribution in [2.75, 3.05) is 33.4 Å². The minimum Gasteiger partial charge on any atom is -0.383 e. The number of halogens is 2. The molecular formula is C17H29Cl2N5O3. The monoisotopic (exact) mass is 421 g/mol. The third-order valence-corrected chi connectivity index (χ3v) is 4.28. The largest absolute Gasteiger partial charge is 0.383 e. The zero-order valence-corrected chi connectivity index (χ0v) is 17.8. The molecule has 2 rings (SSSR count). The van der Waals surface area contributed by atoms with Gasteiger partial charge in [-0.2, -0.15) is 0 Å². The van der Waals surface area contributed by atoms with Gasteiger partial charge < -0.3 is 15.4 Å². The van der Waals surface area contributed by atoms with E-state index in [1.807, 2.05) is 13.8 Å². The van der Waals surface area contributed by atoms with E-state index in [2.05, 4.69) is 20.7 Å². The van der Waals surface area contributed by atoms with E-state index >= 15 is 0 Å². The van der Waals surface area contributed by atoms with E-state index < -0.39 is 0 Å². The van der Waals surface area contributed by atoms with Gasteiger partial charge in [-0.1, -0.05) is 0 Å². The Morgan fingerprint density at radius 3 is 2.59 bits per heavy atom. The number of hydrogen-bond acceptors (Lipinski definition) is 5. The smallest absolute Gasteiger partial charge is 0.276 e. The molecule has 0 aliphatic rings. The molecule has 0 saturated carbocycles. The number of carbonyl (C=O) groups is 1. The van der Waals surface area contributed by atoms with Crippen molar-refractivity contribution in [3.63, 3.8) is 0 Å². The molecule has 2 heterocycles. The summed E-state index contributed by atoms with van der Waals surface area (Å²) in [7, 11) is 3.33. The van der Waals surface area contributed by atoms with Crippen LogP contribution in [0, 0.1) is 13.8 Å². The molecule has 0 bridgehead atoms. The van der Waals surface area contributed by atoms with E-state index in [1.165, 1.54) is 4.68 Å². The number of nitrogens with zero attached hydrogens (tertiary/aromatic N) is 2. The van der Waals surface area contributed by atoms with Crippen LogP contribution >= 0.6 is 24.8 Å². The normalized spacial score (nSPS) is 10.4. The van der Waals surface area contributed by atoms with Crippen molar-refractivity contribution < 1.29 is 9.53 Å². The Morgan fingerprint density at radius 2 is 1.93 bits per heavy atom. The molecule has 0 fully saturated rings. The Kier molecular flexibility index (Phi) is 11.3. The summed E-state index contributed by atoms with van der Waals surface area (Å²) in [6.07, 6.45) is 0.940. The number of pyridine rings is 1. The van der Waals surface area contributed by atoms with Gasteiger partial charge in [0.25, 0.3) is 5.56 Å². The van der Waals surface area contributed by atoms with Gasteiger partial charge in [0.1, 0.15) is 0 Å². The van der Waals surface area contributed by atoms with Crippen molar-refractivity contribution in [1.82, 2.24) is 25.4 Å². The molecule has 8 nitrogen and oxygen atoms in total. The van der Waals surface area contributed by atoms with E-state index in [0.29, 0.717) is 43.6 Å². The fourth-order valence-electron chi connectivity index (χ4n) is 2.90. The highest BCUT2D eigenvalue weighted by Crippen LogP contribution is 2.20. The summed E-state index contributed by atoms with van der Waals surface area (Å²) in [5.74, 6) is -0.00518. The lowest BCUT2D eigenvalue weighted by Crippen LogP contribution is -2.33. The number of hydrogen-bond donors (Lipinski definition) is 3. The van der Waals surface area contributed by atoms with Crippen molar-refractivity contribution in [3.05, 3.63) is 27.2 Å². The number of rotatable bonds is 9. The topological polar surface area (TPSA) is 101 Å². The van der Waals surface area contributed by atoms with Gasteiger partial charge in [0.2, 0.25) is 5.91 Å². The predicted molar refractivity (Wildman–Crippen MR) is 111 cm³/mol. The van der Waals surface area contributed by atoms with Gasteiger partial charge in [-0.25, -0.2) is 4.98 Å². The Balaban J connectivity index is 0.00000338. The average Bonchev–Trinajstić information content (AvgIpc) is 2.84. The number of aromatic amines is 1. The zero-order valence-electron chi connectivity index (χ0n) is 16.2. The fraction of sp³-hybridized carbons (Fsp3) is 0.588. The van der Waals surface area contributed by atoms with E-state index in [9.17, 15) is 9.59 Å². The van der Waals surface area contributed by atoms with Crippen LogP contribution in [0.5, 0.6) is 0 Å². The molecule has 0 radical (unpaired) electrons. The van der Waals surface area contributed by atoms with Gasteiger partial charge in [0.15, 0.2) is 5.65 Å². The van der Waals surface area contributed by atoms with Crippen LogP contribution in [0.1, 0.15) is 23.2 Å². The number of carbonyl (C=O) groups excluding carboxylic acids is 1. The van der Waals surface area contributed by atoms with Crippen LogP contribution in [-0.4, -0.2) is 54.0 Å². The molecule has 2 aromatic rings. The summed E-state index contributed by atoms with van der Waals surface area (Å²) in [6.45, 7) is 6.53.